The molecule has 1 aliphatic heterocycles. The van der Waals surface area contributed by atoms with E-state index in [4.69, 9.17) is 0 Å². The van der Waals surface area contributed by atoms with Crippen molar-refractivity contribution < 1.29 is 4.79 Å². The van der Waals surface area contributed by atoms with E-state index in [9.17, 15) is 4.79 Å². The smallest absolute Gasteiger partial charge is 0.256 e. The van der Waals surface area contributed by atoms with E-state index in [-0.39, 0.29) is 5.91 Å². The molecule has 2 aromatic rings. The fourth-order valence-electron chi connectivity index (χ4n) is 1.92. The third-order valence-electron chi connectivity index (χ3n) is 2.97. The molecule has 0 atom stereocenters. The van der Waals surface area contributed by atoms with Gasteiger partial charge in [-0.2, -0.15) is 8.73 Å². The number of halogens is 1. The van der Waals surface area contributed by atoms with Gasteiger partial charge in [0, 0.05) is 3.57 Å². The molecule has 3 rings (SSSR count). The van der Waals surface area contributed by atoms with E-state index in [1.165, 1.54) is 0 Å². The van der Waals surface area contributed by atoms with Gasteiger partial charge in [-0.25, -0.2) is 0 Å². The molecule has 2 aromatic carbocycles. The van der Waals surface area contributed by atoms with E-state index in [1.54, 1.807) is 0 Å². The maximum absolute atomic E-state index is 12.4. The van der Waals surface area contributed by atoms with Crippen molar-refractivity contribution in [3.63, 3.8) is 0 Å². The summed E-state index contributed by atoms with van der Waals surface area (Å²) in [4.78, 5) is 12.4. The zero-order chi connectivity index (χ0) is 14.1. The lowest BCUT2D eigenvalue weighted by molar-refractivity contribution is 0.102. The van der Waals surface area contributed by atoms with Crippen LogP contribution in [0.3, 0.4) is 0 Å². The normalized spacial score (nSPS) is 11.9. The molecule has 20 heavy (non-hydrogen) atoms. The molecular formula is C14H10IN3OS. The molecule has 0 spiro atoms. The zero-order valence-corrected chi connectivity index (χ0v) is 13.5. The van der Waals surface area contributed by atoms with Crippen molar-refractivity contribution in [2.24, 2.45) is 8.73 Å². The Morgan fingerprint density at radius 2 is 2.00 bits per heavy atom. The van der Waals surface area contributed by atoms with E-state index in [0.29, 0.717) is 11.3 Å². The van der Waals surface area contributed by atoms with Crippen molar-refractivity contribution in [1.29, 1.82) is 0 Å². The Labute approximate surface area is 133 Å². The second-order valence-corrected chi connectivity index (χ2v) is 5.94. The first-order chi connectivity index (χ1) is 9.66. The van der Waals surface area contributed by atoms with Crippen molar-refractivity contribution in [2.75, 3.05) is 5.32 Å². The van der Waals surface area contributed by atoms with Crippen LogP contribution in [0.5, 0.6) is 0 Å². The number of nitrogens with one attached hydrogen (secondary N) is 1. The van der Waals surface area contributed by atoms with Crippen LogP contribution in [0.2, 0.25) is 0 Å². The number of amides is 1. The summed E-state index contributed by atoms with van der Waals surface area (Å²) in [6.45, 7) is 1.99. The van der Waals surface area contributed by atoms with Gasteiger partial charge in [-0.15, -0.1) is 0 Å². The lowest BCUT2D eigenvalue weighted by Gasteiger charge is -2.10. The number of hydrogen-bond acceptors (Lipinski definition) is 3. The quantitative estimate of drug-likeness (QED) is 0.635. The summed E-state index contributed by atoms with van der Waals surface area (Å²) in [5.41, 5.74) is 3.98. The fraction of sp³-hybridized carbons (Fsp3) is 0.0714. The monoisotopic (exact) mass is 395 g/mol. The number of rotatable bonds is 2. The first-order valence-electron chi connectivity index (χ1n) is 5.94. The maximum atomic E-state index is 12.4. The standard InChI is InChI=1S/C14H10IN3OS/c1-8-4-2-5-9(12(8)15)14(19)16-10-6-3-7-11-13(10)18-20-17-11/h2-7H,1H3,(H,16,19). The average molecular weight is 395 g/mol. The summed E-state index contributed by atoms with van der Waals surface area (Å²) < 4.78 is 9.35. The topological polar surface area (TPSA) is 53.8 Å². The van der Waals surface area contributed by atoms with Gasteiger partial charge in [-0.05, 0) is 53.3 Å². The van der Waals surface area contributed by atoms with E-state index < -0.39 is 0 Å². The van der Waals surface area contributed by atoms with Gasteiger partial charge in [0.05, 0.1) is 22.6 Å². The van der Waals surface area contributed by atoms with Crippen LogP contribution in [0.15, 0.2) is 45.1 Å². The van der Waals surface area contributed by atoms with Crippen molar-refractivity contribution >= 4 is 56.9 Å². The van der Waals surface area contributed by atoms with Gasteiger partial charge in [0.25, 0.3) is 5.91 Å². The molecule has 1 aliphatic rings. The molecule has 6 heteroatoms. The van der Waals surface area contributed by atoms with Gasteiger partial charge in [-0.3, -0.25) is 4.79 Å². The second-order valence-electron chi connectivity index (χ2n) is 4.33. The van der Waals surface area contributed by atoms with Crippen LogP contribution in [0, 0.1) is 10.5 Å². The van der Waals surface area contributed by atoms with Gasteiger partial charge in [0.2, 0.25) is 0 Å². The van der Waals surface area contributed by atoms with Crippen LogP contribution in [-0.4, -0.2) is 5.91 Å². The summed E-state index contributed by atoms with van der Waals surface area (Å²) in [5, 5.41) is 2.92. The first kappa shape index (κ1) is 13.4. The van der Waals surface area contributed by atoms with Crippen LogP contribution in [0.25, 0.3) is 0 Å². The van der Waals surface area contributed by atoms with Crippen LogP contribution in [-0.2, 0) is 11.4 Å². The van der Waals surface area contributed by atoms with Crippen LogP contribution in [0.1, 0.15) is 15.9 Å². The largest absolute Gasteiger partial charge is 0.320 e. The highest BCUT2D eigenvalue weighted by Gasteiger charge is 2.15. The minimum atomic E-state index is -0.126. The summed E-state index contributed by atoms with van der Waals surface area (Å²) in [6, 6.07) is 11.3. The number of hydrogen-bond donors (Lipinski definition) is 1. The van der Waals surface area contributed by atoms with E-state index >= 15 is 0 Å². The van der Waals surface area contributed by atoms with Crippen molar-refractivity contribution in [3.8, 4) is 0 Å². The van der Waals surface area contributed by atoms with Crippen molar-refractivity contribution in [3.05, 3.63) is 51.1 Å². The molecule has 0 bridgehead atoms. The van der Waals surface area contributed by atoms with Crippen LogP contribution >= 0.6 is 22.6 Å². The Morgan fingerprint density at radius 1 is 1.20 bits per heavy atom. The molecule has 0 aliphatic carbocycles. The molecule has 0 saturated heterocycles. The molecule has 1 N–H and O–H groups in total. The zero-order valence-electron chi connectivity index (χ0n) is 10.6. The van der Waals surface area contributed by atoms with Crippen molar-refractivity contribution in [2.45, 2.75) is 6.92 Å². The van der Waals surface area contributed by atoms with Gasteiger partial charge >= 0.3 is 0 Å². The molecule has 0 fully saturated rings. The highest BCUT2D eigenvalue weighted by molar-refractivity contribution is 14.1. The number of carbonyl (C=O) groups is 1. The second kappa shape index (κ2) is 5.45. The fourth-order valence-corrected chi connectivity index (χ4v) is 3.07. The van der Waals surface area contributed by atoms with E-state index in [0.717, 1.165) is 31.9 Å². The molecule has 1 amide bonds. The molecule has 1 heterocycles. The molecule has 0 aromatic heterocycles. The summed E-state index contributed by atoms with van der Waals surface area (Å²) >= 11 is 3.34. The number of benzene rings is 2. The number of nitrogens with zero attached hydrogens (tertiary/aromatic N) is 2. The Hall–Kier alpha value is -1.54. The molecule has 4 nitrogen and oxygen atoms in total. The van der Waals surface area contributed by atoms with Crippen LogP contribution in [0.4, 0.5) is 17.1 Å². The number of aryl methyl sites for hydroxylation is 1. The molecule has 0 unspecified atom stereocenters. The summed E-state index contributed by atoms with van der Waals surface area (Å²) in [5.74, 6) is -0.126. The van der Waals surface area contributed by atoms with Gasteiger partial charge in [-0.1, -0.05) is 18.2 Å². The predicted octanol–water partition coefficient (Wildman–Crippen LogP) is 4.58. The SMILES string of the molecule is Cc1cccc(C(=O)Nc2cccc3c2N=S=N3)c1I. The number of fused-ring (bicyclic) bond motifs is 1. The summed E-state index contributed by atoms with van der Waals surface area (Å²) in [6.07, 6.45) is 0. The molecular weight excluding hydrogens is 385 g/mol. The van der Waals surface area contributed by atoms with Gasteiger partial charge in [0.15, 0.2) is 0 Å². The Kier molecular flexibility index (Phi) is 3.66. The average Bonchev–Trinajstić information content (AvgIpc) is 2.91. The van der Waals surface area contributed by atoms with Crippen molar-refractivity contribution in [1.82, 2.24) is 0 Å². The lowest BCUT2D eigenvalue weighted by Crippen LogP contribution is -2.14. The highest BCUT2D eigenvalue weighted by Crippen LogP contribution is 2.38. The van der Waals surface area contributed by atoms with Crippen LogP contribution < -0.4 is 5.32 Å². The Morgan fingerprint density at radius 3 is 2.85 bits per heavy atom. The third-order valence-corrected chi connectivity index (χ3v) is 4.95. The maximum Gasteiger partial charge on any atom is 0.256 e. The minimum Gasteiger partial charge on any atom is -0.320 e. The predicted molar refractivity (Wildman–Crippen MR) is 89.8 cm³/mol. The lowest BCUT2D eigenvalue weighted by atomic mass is 10.1. The van der Waals surface area contributed by atoms with E-state index in [2.05, 4.69) is 36.6 Å². The third kappa shape index (κ3) is 2.40. The number of carbonyl (C=O) groups excluding carboxylic acids is 1. The number of anilines is 1. The molecule has 100 valence electrons. The highest BCUT2D eigenvalue weighted by atomic mass is 127. The Balaban J connectivity index is 1.93. The summed E-state index contributed by atoms with van der Waals surface area (Å²) in [7, 11) is 0. The minimum absolute atomic E-state index is 0.126. The molecule has 0 radical (unpaired) electrons. The Bertz CT molecular complexity index is 782. The first-order valence-corrected chi connectivity index (χ1v) is 7.75. The van der Waals surface area contributed by atoms with E-state index in [1.807, 2.05) is 43.3 Å². The van der Waals surface area contributed by atoms with Gasteiger partial charge < -0.3 is 5.32 Å². The van der Waals surface area contributed by atoms with Gasteiger partial charge in [0.1, 0.15) is 11.4 Å². The molecule has 0 saturated carbocycles.